The molecular weight excluding hydrogens is 267 g/mol. The van der Waals surface area contributed by atoms with Crippen LogP contribution in [0.4, 0.5) is 0 Å². The summed E-state index contributed by atoms with van der Waals surface area (Å²) in [6.45, 7) is 1.40. The van der Waals surface area contributed by atoms with Gasteiger partial charge in [-0.2, -0.15) is 0 Å². The van der Waals surface area contributed by atoms with Gasteiger partial charge in [-0.3, -0.25) is 0 Å². The van der Waals surface area contributed by atoms with Crippen LogP contribution in [0.25, 0.3) is 0 Å². The van der Waals surface area contributed by atoms with Crippen molar-refractivity contribution in [2.45, 2.75) is 12.3 Å². The van der Waals surface area contributed by atoms with Crippen LogP contribution in [0.2, 0.25) is 0 Å². The summed E-state index contributed by atoms with van der Waals surface area (Å²) in [5.41, 5.74) is 1.03. The maximum Gasteiger partial charge on any atom is 0.175 e. The minimum Gasteiger partial charge on any atom is -0.490 e. The van der Waals surface area contributed by atoms with Crippen molar-refractivity contribution in [3.05, 3.63) is 22.2 Å². The first-order valence-corrected chi connectivity index (χ1v) is 5.78. The fraction of sp³-hybridized carbons (Fsp3) is 0.400. The van der Waals surface area contributed by atoms with Gasteiger partial charge in [0.05, 0.1) is 17.7 Å². The number of alkyl halides is 1. The average molecular weight is 278 g/mol. The minimum absolute atomic E-state index is 0.481. The number of fused-ring (bicyclic) bond motifs is 1. The highest BCUT2D eigenvalue weighted by Gasteiger charge is 2.14. The van der Waals surface area contributed by atoms with E-state index >= 15 is 0 Å². The van der Waals surface area contributed by atoms with Crippen molar-refractivity contribution in [3.63, 3.8) is 0 Å². The van der Waals surface area contributed by atoms with Crippen LogP contribution in [0.1, 0.15) is 12.0 Å². The maximum absolute atomic E-state index is 5.76. The largest absolute Gasteiger partial charge is 0.490 e. The van der Waals surface area contributed by atoms with Crippen molar-refractivity contribution in [2.24, 2.45) is 0 Å². The van der Waals surface area contributed by atoms with Crippen molar-refractivity contribution in [1.29, 1.82) is 0 Å². The molecule has 0 aromatic heterocycles. The van der Waals surface area contributed by atoms with Gasteiger partial charge < -0.3 is 9.47 Å². The summed E-state index contributed by atoms with van der Waals surface area (Å²) in [5, 5.41) is 0. The van der Waals surface area contributed by atoms with Crippen molar-refractivity contribution in [2.75, 3.05) is 13.2 Å². The fourth-order valence-electron chi connectivity index (χ4n) is 1.36. The number of halogens is 2. The third kappa shape index (κ3) is 1.98. The third-order valence-electron chi connectivity index (χ3n) is 2.02. The summed E-state index contributed by atoms with van der Waals surface area (Å²) in [6.07, 6.45) is 0.914. The highest BCUT2D eigenvalue weighted by Crippen LogP contribution is 2.38. The Hall–Kier alpha value is -0.410. The molecule has 0 bridgehead atoms. The van der Waals surface area contributed by atoms with E-state index in [-0.39, 0.29) is 0 Å². The zero-order chi connectivity index (χ0) is 9.97. The molecule has 1 aromatic rings. The van der Waals surface area contributed by atoms with Gasteiger partial charge in [0.1, 0.15) is 0 Å². The van der Waals surface area contributed by atoms with Crippen LogP contribution in [0, 0.1) is 0 Å². The molecule has 0 fully saturated rings. The van der Waals surface area contributed by atoms with Crippen LogP contribution in [0.15, 0.2) is 16.6 Å². The zero-order valence-corrected chi connectivity index (χ0v) is 9.90. The lowest BCUT2D eigenvalue weighted by molar-refractivity contribution is 0.296. The zero-order valence-electron chi connectivity index (χ0n) is 7.56. The molecule has 0 spiro atoms. The first-order valence-electron chi connectivity index (χ1n) is 4.45. The van der Waals surface area contributed by atoms with Crippen molar-refractivity contribution < 1.29 is 9.47 Å². The molecule has 0 radical (unpaired) electrons. The second kappa shape index (κ2) is 4.41. The van der Waals surface area contributed by atoms with Gasteiger partial charge in [0.25, 0.3) is 0 Å². The smallest absolute Gasteiger partial charge is 0.175 e. The molecule has 4 heteroatoms. The lowest BCUT2D eigenvalue weighted by Gasteiger charge is -2.10. The van der Waals surface area contributed by atoms with Crippen LogP contribution >= 0.6 is 27.5 Å². The Morgan fingerprint density at radius 1 is 1.29 bits per heavy atom. The molecule has 2 rings (SSSR count). The Bertz CT molecular complexity index is 341. The number of ether oxygens (including phenoxy) is 2. The van der Waals surface area contributed by atoms with Crippen LogP contribution in [-0.4, -0.2) is 13.2 Å². The van der Waals surface area contributed by atoms with Gasteiger partial charge in [0.2, 0.25) is 0 Å². The highest BCUT2D eigenvalue weighted by molar-refractivity contribution is 9.10. The van der Waals surface area contributed by atoms with E-state index < -0.39 is 0 Å². The predicted molar refractivity (Wildman–Crippen MR) is 59.3 cm³/mol. The summed E-state index contributed by atoms with van der Waals surface area (Å²) < 4.78 is 12.0. The van der Waals surface area contributed by atoms with E-state index in [1.165, 1.54) is 0 Å². The van der Waals surface area contributed by atoms with E-state index in [1.54, 1.807) is 0 Å². The van der Waals surface area contributed by atoms with Gasteiger partial charge >= 0.3 is 0 Å². The molecule has 1 aromatic carbocycles. The van der Waals surface area contributed by atoms with Crippen molar-refractivity contribution in [1.82, 2.24) is 0 Å². The molecule has 14 heavy (non-hydrogen) atoms. The Morgan fingerprint density at radius 2 is 2.07 bits per heavy atom. The second-order valence-corrected chi connectivity index (χ2v) is 4.21. The molecule has 0 aliphatic carbocycles. The lowest BCUT2D eigenvalue weighted by Crippen LogP contribution is -1.97. The minimum atomic E-state index is 0.481. The Labute approximate surface area is 96.3 Å². The van der Waals surface area contributed by atoms with Gasteiger partial charge in [-0.15, -0.1) is 11.6 Å². The van der Waals surface area contributed by atoms with Gasteiger partial charge in [0, 0.05) is 12.3 Å². The van der Waals surface area contributed by atoms with Crippen LogP contribution in [0.5, 0.6) is 11.5 Å². The number of hydrogen-bond acceptors (Lipinski definition) is 2. The average Bonchev–Trinajstić information content (AvgIpc) is 2.42. The first kappa shape index (κ1) is 10.1. The van der Waals surface area contributed by atoms with E-state index in [2.05, 4.69) is 15.9 Å². The van der Waals surface area contributed by atoms with Gasteiger partial charge in [0.15, 0.2) is 11.5 Å². The van der Waals surface area contributed by atoms with Crippen LogP contribution in [0.3, 0.4) is 0 Å². The third-order valence-corrected chi connectivity index (χ3v) is 2.91. The van der Waals surface area contributed by atoms with Gasteiger partial charge in [-0.25, -0.2) is 0 Å². The standard InChI is InChI=1S/C10H10BrClO2/c11-8-4-7(6-12)5-9-10(8)14-3-1-2-13-9/h4-5H,1-3,6H2. The number of hydrogen-bond donors (Lipinski definition) is 0. The SMILES string of the molecule is ClCc1cc(Br)c2c(c1)OCCCO2. The molecule has 1 aliphatic heterocycles. The summed E-state index contributed by atoms with van der Waals surface area (Å²) in [5.74, 6) is 2.05. The molecule has 76 valence electrons. The quantitative estimate of drug-likeness (QED) is 0.733. The van der Waals surface area contributed by atoms with Gasteiger partial charge in [-0.1, -0.05) is 0 Å². The number of benzene rings is 1. The summed E-state index contributed by atoms with van der Waals surface area (Å²) in [4.78, 5) is 0. The normalized spacial score (nSPS) is 15.0. The highest BCUT2D eigenvalue weighted by atomic mass is 79.9. The van der Waals surface area contributed by atoms with E-state index in [9.17, 15) is 0 Å². The molecule has 0 N–H and O–H groups in total. The van der Waals surface area contributed by atoms with E-state index in [0.29, 0.717) is 19.1 Å². The summed E-state index contributed by atoms with van der Waals surface area (Å²) in [7, 11) is 0. The van der Waals surface area contributed by atoms with Gasteiger partial charge in [-0.05, 0) is 33.6 Å². The molecule has 1 heterocycles. The summed E-state index contributed by atoms with van der Waals surface area (Å²) in [6, 6.07) is 3.89. The Kier molecular flexibility index (Phi) is 3.19. The van der Waals surface area contributed by atoms with Crippen molar-refractivity contribution in [3.8, 4) is 11.5 Å². The number of rotatable bonds is 1. The molecule has 0 saturated heterocycles. The Morgan fingerprint density at radius 3 is 2.86 bits per heavy atom. The van der Waals surface area contributed by atoms with Crippen LogP contribution < -0.4 is 9.47 Å². The van der Waals surface area contributed by atoms with E-state index in [1.807, 2.05) is 12.1 Å². The first-order chi connectivity index (χ1) is 6.81. The molecule has 0 saturated carbocycles. The molecule has 2 nitrogen and oxygen atoms in total. The maximum atomic E-state index is 5.76. The molecule has 0 atom stereocenters. The molecule has 0 amide bonds. The fourth-order valence-corrected chi connectivity index (χ4v) is 2.12. The molecular formula is C10H10BrClO2. The Balaban J connectivity index is 2.43. The van der Waals surface area contributed by atoms with Crippen LogP contribution in [-0.2, 0) is 5.88 Å². The van der Waals surface area contributed by atoms with Crippen molar-refractivity contribution >= 4 is 27.5 Å². The second-order valence-electron chi connectivity index (χ2n) is 3.09. The predicted octanol–water partition coefficient (Wildman–Crippen LogP) is 3.35. The topological polar surface area (TPSA) is 18.5 Å². The lowest BCUT2D eigenvalue weighted by atomic mass is 10.2. The summed E-state index contributed by atoms with van der Waals surface area (Å²) >= 11 is 9.21. The van der Waals surface area contributed by atoms with E-state index in [4.69, 9.17) is 21.1 Å². The molecule has 0 unspecified atom stereocenters. The monoisotopic (exact) mass is 276 g/mol. The molecule has 1 aliphatic rings. The van der Waals surface area contributed by atoms with E-state index in [0.717, 1.165) is 28.0 Å².